The molecule has 1 aromatic rings. The van der Waals surface area contributed by atoms with Crippen molar-refractivity contribution in [3.05, 3.63) is 29.3 Å². The first-order valence-corrected chi connectivity index (χ1v) is 9.18. The summed E-state index contributed by atoms with van der Waals surface area (Å²) in [6.07, 6.45) is 9.56. The molecule has 1 aliphatic carbocycles. The first-order valence-electron chi connectivity index (χ1n) is 9.18. The predicted molar refractivity (Wildman–Crippen MR) is 96.1 cm³/mol. The highest BCUT2D eigenvalue weighted by Crippen LogP contribution is 2.42. The molecule has 3 rings (SSSR count). The Labute approximate surface area is 140 Å². The molecule has 1 aromatic carbocycles. The Morgan fingerprint density at radius 2 is 1.87 bits per heavy atom. The highest BCUT2D eigenvalue weighted by Gasteiger charge is 2.39. The molecule has 0 amide bonds. The maximum absolute atomic E-state index is 12.1. The Kier molecular flexibility index (Phi) is 5.05. The van der Waals surface area contributed by atoms with E-state index in [1.165, 1.54) is 49.8 Å². The Morgan fingerprint density at radius 1 is 1.17 bits per heavy atom. The van der Waals surface area contributed by atoms with Gasteiger partial charge in [-0.15, -0.1) is 0 Å². The molecule has 0 atom stereocenters. The van der Waals surface area contributed by atoms with Crippen LogP contribution in [0.25, 0.3) is 0 Å². The Bertz CT molecular complexity index is 541. The lowest BCUT2D eigenvalue weighted by atomic mass is 9.68. The van der Waals surface area contributed by atoms with Gasteiger partial charge in [-0.25, -0.2) is 0 Å². The summed E-state index contributed by atoms with van der Waals surface area (Å²) in [6.45, 7) is 4.61. The molecule has 2 fully saturated rings. The van der Waals surface area contributed by atoms with Crippen LogP contribution < -0.4 is 5.32 Å². The van der Waals surface area contributed by atoms with Crippen molar-refractivity contribution in [2.45, 2.75) is 63.3 Å². The van der Waals surface area contributed by atoms with E-state index < -0.39 is 0 Å². The minimum absolute atomic E-state index is 0.293. The van der Waals surface area contributed by atoms with E-state index in [1.54, 1.807) is 0 Å². The first-order chi connectivity index (χ1) is 11.2. The zero-order valence-corrected chi connectivity index (χ0v) is 14.6. The molecule has 3 nitrogen and oxygen atoms in total. The van der Waals surface area contributed by atoms with Crippen molar-refractivity contribution in [1.29, 1.82) is 0 Å². The highest BCUT2D eigenvalue weighted by molar-refractivity contribution is 5.74. The summed E-state index contributed by atoms with van der Waals surface area (Å²) < 4.78 is 0. The third kappa shape index (κ3) is 3.30. The number of piperidine rings is 1. The smallest absolute Gasteiger partial charge is 0.130 e. The van der Waals surface area contributed by atoms with Gasteiger partial charge in [0.1, 0.15) is 6.29 Å². The molecule has 1 saturated carbocycles. The van der Waals surface area contributed by atoms with Gasteiger partial charge in [0.2, 0.25) is 0 Å². The Hall–Kier alpha value is -1.35. The van der Waals surface area contributed by atoms with Crippen LogP contribution >= 0.6 is 0 Å². The first kappa shape index (κ1) is 16.5. The average Bonchev–Trinajstić information content (AvgIpc) is 2.62. The van der Waals surface area contributed by atoms with Crippen LogP contribution in [0.5, 0.6) is 0 Å². The molecule has 1 heterocycles. The number of carbonyl (C=O) groups excluding carboxylic acids is 1. The van der Waals surface area contributed by atoms with Crippen LogP contribution in [0, 0.1) is 6.92 Å². The fourth-order valence-electron chi connectivity index (χ4n) is 4.52. The van der Waals surface area contributed by atoms with E-state index in [1.807, 2.05) is 7.05 Å². The van der Waals surface area contributed by atoms with Crippen molar-refractivity contribution in [1.82, 2.24) is 4.90 Å². The van der Waals surface area contributed by atoms with Crippen molar-refractivity contribution in [2.75, 3.05) is 25.5 Å². The molecule has 126 valence electrons. The number of aryl methyl sites for hydroxylation is 1. The predicted octanol–water partition coefficient (Wildman–Crippen LogP) is 3.90. The number of likely N-dealkylation sites (tertiary alicyclic amines) is 1. The monoisotopic (exact) mass is 314 g/mol. The number of benzene rings is 1. The van der Waals surface area contributed by atoms with Gasteiger partial charge in [0, 0.05) is 18.8 Å². The number of carbonyl (C=O) groups is 1. The van der Waals surface area contributed by atoms with Gasteiger partial charge in [-0.3, -0.25) is 0 Å². The highest BCUT2D eigenvalue weighted by atomic mass is 16.1. The van der Waals surface area contributed by atoms with Gasteiger partial charge in [0.05, 0.1) is 5.41 Å². The summed E-state index contributed by atoms with van der Waals surface area (Å²) in [6, 6.07) is 7.15. The third-order valence-electron chi connectivity index (χ3n) is 5.96. The van der Waals surface area contributed by atoms with Gasteiger partial charge in [0.25, 0.3) is 0 Å². The number of hydrogen-bond donors (Lipinski definition) is 1. The quantitative estimate of drug-likeness (QED) is 0.855. The van der Waals surface area contributed by atoms with Gasteiger partial charge in [-0.1, -0.05) is 18.6 Å². The normalized spacial score (nSPS) is 29.2. The second kappa shape index (κ2) is 7.04. The molecule has 0 spiro atoms. The minimum atomic E-state index is -0.293. The summed E-state index contributed by atoms with van der Waals surface area (Å²) >= 11 is 0. The van der Waals surface area contributed by atoms with E-state index in [4.69, 9.17) is 0 Å². The Balaban J connectivity index is 1.77. The van der Waals surface area contributed by atoms with Crippen LogP contribution in [0.1, 0.15) is 56.1 Å². The second-order valence-electron chi connectivity index (χ2n) is 7.40. The summed E-state index contributed by atoms with van der Waals surface area (Å²) in [4.78, 5) is 14.7. The van der Waals surface area contributed by atoms with Crippen molar-refractivity contribution in [3.63, 3.8) is 0 Å². The molecule has 0 unspecified atom stereocenters. The van der Waals surface area contributed by atoms with E-state index in [0.717, 1.165) is 31.4 Å². The summed E-state index contributed by atoms with van der Waals surface area (Å²) in [5.74, 6) is 0. The van der Waals surface area contributed by atoms with Crippen molar-refractivity contribution in [2.24, 2.45) is 0 Å². The lowest BCUT2D eigenvalue weighted by Gasteiger charge is -2.43. The van der Waals surface area contributed by atoms with E-state index in [2.05, 4.69) is 35.3 Å². The van der Waals surface area contributed by atoms with E-state index in [0.29, 0.717) is 6.04 Å². The average molecular weight is 314 g/mol. The molecule has 2 aliphatic rings. The maximum Gasteiger partial charge on any atom is 0.130 e. The maximum atomic E-state index is 12.1. The van der Waals surface area contributed by atoms with Crippen LogP contribution in [0.15, 0.2) is 18.2 Å². The fourth-order valence-corrected chi connectivity index (χ4v) is 4.52. The number of anilines is 1. The molecular formula is C20H30N2O. The fraction of sp³-hybridized carbons (Fsp3) is 0.650. The molecule has 1 saturated heterocycles. The Morgan fingerprint density at radius 3 is 2.48 bits per heavy atom. The molecule has 3 heteroatoms. The molecule has 0 radical (unpaired) electrons. The lowest BCUT2D eigenvalue weighted by Crippen LogP contribution is -2.45. The third-order valence-corrected chi connectivity index (χ3v) is 5.96. The van der Waals surface area contributed by atoms with Crippen LogP contribution in [0.2, 0.25) is 0 Å². The van der Waals surface area contributed by atoms with E-state index in [-0.39, 0.29) is 5.41 Å². The zero-order valence-electron chi connectivity index (χ0n) is 14.6. The van der Waals surface area contributed by atoms with Crippen molar-refractivity contribution >= 4 is 12.0 Å². The van der Waals surface area contributed by atoms with Gasteiger partial charge in [-0.2, -0.15) is 0 Å². The zero-order chi connectivity index (χ0) is 16.3. The number of nitrogens with one attached hydrogen (secondary N) is 1. The molecule has 0 bridgehead atoms. The molecule has 1 N–H and O–H groups in total. The van der Waals surface area contributed by atoms with Gasteiger partial charge >= 0.3 is 0 Å². The summed E-state index contributed by atoms with van der Waals surface area (Å²) in [5, 5.41) is 3.30. The second-order valence-corrected chi connectivity index (χ2v) is 7.40. The molecule has 1 aliphatic heterocycles. The molecular weight excluding hydrogens is 284 g/mol. The van der Waals surface area contributed by atoms with Gasteiger partial charge < -0.3 is 15.0 Å². The van der Waals surface area contributed by atoms with E-state index >= 15 is 0 Å². The van der Waals surface area contributed by atoms with Crippen LogP contribution in [-0.4, -0.2) is 37.4 Å². The summed E-state index contributed by atoms with van der Waals surface area (Å²) in [7, 11) is 1.95. The van der Waals surface area contributed by atoms with E-state index in [9.17, 15) is 4.79 Å². The SMILES string of the molecule is CNc1cc(C)ccc1C1(C=O)CCC(N2CCCCC2)CC1. The largest absolute Gasteiger partial charge is 0.388 e. The van der Waals surface area contributed by atoms with Crippen LogP contribution in [-0.2, 0) is 10.2 Å². The summed E-state index contributed by atoms with van der Waals surface area (Å²) in [5.41, 5.74) is 3.26. The number of rotatable bonds is 4. The molecule has 23 heavy (non-hydrogen) atoms. The minimum Gasteiger partial charge on any atom is -0.388 e. The standard InChI is InChI=1S/C20H30N2O/c1-16-6-7-18(19(14-16)21-2)20(15-23)10-8-17(9-11-20)22-12-4-3-5-13-22/h6-7,14-15,17,21H,3-5,8-13H2,1-2H3. The number of hydrogen-bond acceptors (Lipinski definition) is 3. The number of aldehydes is 1. The van der Waals surface area contributed by atoms with Crippen molar-refractivity contribution in [3.8, 4) is 0 Å². The number of nitrogens with zero attached hydrogens (tertiary/aromatic N) is 1. The van der Waals surface area contributed by atoms with Gasteiger partial charge in [-0.05, 0) is 75.7 Å². The molecule has 0 aromatic heterocycles. The topological polar surface area (TPSA) is 32.3 Å². The van der Waals surface area contributed by atoms with Gasteiger partial charge in [0.15, 0.2) is 0 Å². The lowest BCUT2D eigenvalue weighted by molar-refractivity contribution is -0.114. The van der Waals surface area contributed by atoms with Crippen molar-refractivity contribution < 1.29 is 4.79 Å². The van der Waals surface area contributed by atoms with Crippen LogP contribution in [0.4, 0.5) is 5.69 Å². The van der Waals surface area contributed by atoms with Crippen LogP contribution in [0.3, 0.4) is 0 Å².